The number of amides is 1. The molecule has 2 aliphatic rings. The highest BCUT2D eigenvalue weighted by Gasteiger charge is 2.28. The Morgan fingerprint density at radius 2 is 2.09 bits per heavy atom. The molecule has 4 aromatic heterocycles. The van der Waals surface area contributed by atoms with E-state index in [0.29, 0.717) is 35.2 Å². The van der Waals surface area contributed by atoms with Crippen molar-refractivity contribution in [3.8, 4) is 0 Å². The molecule has 1 aliphatic carbocycles. The molecule has 0 unspecified atom stereocenters. The Kier molecular flexibility index (Phi) is 4.48. The van der Waals surface area contributed by atoms with Gasteiger partial charge < -0.3 is 15.5 Å². The Morgan fingerprint density at radius 3 is 2.94 bits per heavy atom. The van der Waals surface area contributed by atoms with Crippen LogP contribution < -0.4 is 15.5 Å². The standard InChI is InChI=1S/C22H23N9O/c32-21(24-15-6-7-15)17-12-19(28-27-17)25-20-18-5-3-10-31(18)29-22(26-20)30-11-8-14(13-30)16-4-1-2-9-23-16/h1-5,9-10,12,14-15H,6-8,11,13H2,(H,24,32)(H2,25,26,27,28,29)/t14-/m0/s1. The van der Waals surface area contributed by atoms with Crippen LogP contribution in [0.3, 0.4) is 0 Å². The lowest BCUT2D eigenvalue weighted by Crippen LogP contribution is -2.25. The van der Waals surface area contributed by atoms with E-state index in [1.807, 2.05) is 41.2 Å². The van der Waals surface area contributed by atoms with Crippen LogP contribution in [0, 0.1) is 0 Å². The second-order valence-electron chi connectivity index (χ2n) is 8.32. The first-order chi connectivity index (χ1) is 15.7. The average molecular weight is 429 g/mol. The fourth-order valence-electron chi connectivity index (χ4n) is 4.06. The lowest BCUT2D eigenvalue weighted by Gasteiger charge is -2.17. The predicted octanol–water partition coefficient (Wildman–Crippen LogP) is 2.48. The van der Waals surface area contributed by atoms with Crippen LogP contribution in [0.4, 0.5) is 17.6 Å². The van der Waals surface area contributed by atoms with Crippen LogP contribution in [0.2, 0.25) is 0 Å². The van der Waals surface area contributed by atoms with Crippen LogP contribution in [0.25, 0.3) is 5.52 Å². The molecular formula is C22H23N9O. The van der Waals surface area contributed by atoms with E-state index >= 15 is 0 Å². The molecule has 10 nitrogen and oxygen atoms in total. The van der Waals surface area contributed by atoms with Gasteiger partial charge in [-0.25, -0.2) is 4.52 Å². The van der Waals surface area contributed by atoms with Crippen molar-refractivity contribution in [2.75, 3.05) is 23.3 Å². The predicted molar refractivity (Wildman–Crippen MR) is 119 cm³/mol. The highest BCUT2D eigenvalue weighted by atomic mass is 16.2. The first kappa shape index (κ1) is 18.8. The van der Waals surface area contributed by atoms with Crippen molar-refractivity contribution in [3.05, 3.63) is 60.2 Å². The van der Waals surface area contributed by atoms with Crippen LogP contribution in [0.5, 0.6) is 0 Å². The van der Waals surface area contributed by atoms with E-state index in [9.17, 15) is 4.79 Å². The third-order valence-corrected chi connectivity index (χ3v) is 5.94. The fraction of sp³-hybridized carbons (Fsp3) is 0.318. The van der Waals surface area contributed by atoms with Crippen LogP contribution in [-0.4, -0.2) is 54.8 Å². The Hall–Kier alpha value is -3.95. The second kappa shape index (κ2) is 7.63. The maximum Gasteiger partial charge on any atom is 0.269 e. The largest absolute Gasteiger partial charge is 0.348 e. The number of rotatable bonds is 6. The molecule has 1 amide bonds. The molecule has 1 saturated heterocycles. The zero-order valence-electron chi connectivity index (χ0n) is 17.4. The zero-order valence-corrected chi connectivity index (χ0v) is 17.4. The summed E-state index contributed by atoms with van der Waals surface area (Å²) < 4.78 is 1.81. The van der Waals surface area contributed by atoms with Crippen molar-refractivity contribution < 1.29 is 4.79 Å². The summed E-state index contributed by atoms with van der Waals surface area (Å²) >= 11 is 0. The Bertz CT molecular complexity index is 1260. The van der Waals surface area contributed by atoms with E-state index in [-0.39, 0.29) is 5.91 Å². The number of anilines is 3. The molecule has 5 heterocycles. The van der Waals surface area contributed by atoms with Gasteiger partial charge in [0, 0.05) is 49.2 Å². The summed E-state index contributed by atoms with van der Waals surface area (Å²) in [6.45, 7) is 1.68. The highest BCUT2D eigenvalue weighted by molar-refractivity contribution is 5.93. The number of carbonyl (C=O) groups excluding carboxylic acids is 1. The summed E-state index contributed by atoms with van der Waals surface area (Å²) in [6, 6.07) is 11.9. The third-order valence-electron chi connectivity index (χ3n) is 5.94. The Balaban J connectivity index is 1.24. The molecule has 10 heteroatoms. The van der Waals surface area contributed by atoms with Gasteiger partial charge in [0.25, 0.3) is 5.91 Å². The normalized spacial score (nSPS) is 18.2. The summed E-state index contributed by atoms with van der Waals surface area (Å²) in [7, 11) is 0. The third kappa shape index (κ3) is 3.64. The molecule has 1 aliphatic heterocycles. The lowest BCUT2D eigenvalue weighted by atomic mass is 10.0. The minimum absolute atomic E-state index is 0.137. The molecule has 0 spiro atoms. The Labute approximate surface area is 184 Å². The van der Waals surface area contributed by atoms with Gasteiger partial charge in [0.2, 0.25) is 5.95 Å². The molecule has 6 rings (SSSR count). The van der Waals surface area contributed by atoms with Gasteiger partial charge >= 0.3 is 0 Å². The molecule has 162 valence electrons. The minimum atomic E-state index is -0.137. The average Bonchev–Trinajstić information content (AvgIpc) is 3.23. The number of aromatic amines is 1. The topological polar surface area (TPSA) is 116 Å². The molecular weight excluding hydrogens is 406 g/mol. The number of nitrogens with zero attached hydrogens (tertiary/aromatic N) is 6. The van der Waals surface area contributed by atoms with Crippen LogP contribution in [0.15, 0.2) is 48.8 Å². The van der Waals surface area contributed by atoms with Gasteiger partial charge in [-0.2, -0.15) is 10.1 Å². The maximum absolute atomic E-state index is 12.3. The van der Waals surface area contributed by atoms with Crippen LogP contribution in [-0.2, 0) is 0 Å². The quantitative estimate of drug-likeness (QED) is 0.431. The molecule has 0 aromatic carbocycles. The van der Waals surface area contributed by atoms with Crippen molar-refractivity contribution in [1.29, 1.82) is 0 Å². The molecule has 3 N–H and O–H groups in total. The molecule has 1 atom stereocenters. The number of carbonyl (C=O) groups is 1. The number of hydrogen-bond acceptors (Lipinski definition) is 7. The molecule has 0 radical (unpaired) electrons. The van der Waals surface area contributed by atoms with Crippen molar-refractivity contribution >= 4 is 29.0 Å². The summed E-state index contributed by atoms with van der Waals surface area (Å²) in [5.41, 5.74) is 2.36. The lowest BCUT2D eigenvalue weighted by molar-refractivity contribution is 0.0946. The maximum atomic E-state index is 12.3. The monoisotopic (exact) mass is 429 g/mol. The van der Waals surface area contributed by atoms with Crippen LogP contribution in [0.1, 0.15) is 41.4 Å². The Morgan fingerprint density at radius 1 is 1.16 bits per heavy atom. The van der Waals surface area contributed by atoms with Gasteiger partial charge in [0.05, 0.1) is 0 Å². The number of hydrogen-bond donors (Lipinski definition) is 3. The minimum Gasteiger partial charge on any atom is -0.348 e. The molecule has 4 aromatic rings. The van der Waals surface area contributed by atoms with Crippen molar-refractivity contribution in [2.24, 2.45) is 0 Å². The van der Waals surface area contributed by atoms with E-state index in [1.165, 1.54) is 0 Å². The van der Waals surface area contributed by atoms with Gasteiger partial charge in [-0.05, 0) is 43.5 Å². The van der Waals surface area contributed by atoms with E-state index in [1.54, 1.807) is 6.07 Å². The zero-order chi connectivity index (χ0) is 21.5. The number of H-pyrrole nitrogens is 1. The van der Waals surface area contributed by atoms with Crippen LogP contribution >= 0.6 is 0 Å². The molecule has 0 bridgehead atoms. The van der Waals surface area contributed by atoms with Crippen molar-refractivity contribution in [1.82, 2.24) is 35.1 Å². The first-order valence-corrected chi connectivity index (χ1v) is 10.9. The van der Waals surface area contributed by atoms with Gasteiger partial charge in [0.1, 0.15) is 11.2 Å². The van der Waals surface area contributed by atoms with E-state index in [4.69, 9.17) is 10.1 Å². The van der Waals surface area contributed by atoms with E-state index < -0.39 is 0 Å². The highest BCUT2D eigenvalue weighted by Crippen LogP contribution is 2.29. The SMILES string of the molecule is O=C(NC1CC1)c1cc(Nc2nc(N3CC[C@H](c4ccccn4)C3)nn3cccc23)n[nH]1. The molecule has 2 fully saturated rings. The fourth-order valence-corrected chi connectivity index (χ4v) is 4.06. The van der Waals surface area contributed by atoms with Gasteiger partial charge in [-0.3, -0.25) is 14.9 Å². The first-order valence-electron chi connectivity index (χ1n) is 10.9. The van der Waals surface area contributed by atoms with Gasteiger partial charge in [-0.1, -0.05) is 6.07 Å². The summed E-state index contributed by atoms with van der Waals surface area (Å²) in [5, 5.41) is 18.0. The van der Waals surface area contributed by atoms with Crippen molar-refractivity contribution in [2.45, 2.75) is 31.2 Å². The number of nitrogens with one attached hydrogen (secondary N) is 3. The summed E-state index contributed by atoms with van der Waals surface area (Å²) in [6.07, 6.45) is 6.82. The summed E-state index contributed by atoms with van der Waals surface area (Å²) in [4.78, 5) is 23.8. The number of pyridine rings is 1. The van der Waals surface area contributed by atoms with Gasteiger partial charge in [0.15, 0.2) is 11.6 Å². The summed E-state index contributed by atoms with van der Waals surface area (Å²) in [5.74, 6) is 2.04. The number of fused-ring (bicyclic) bond motifs is 1. The van der Waals surface area contributed by atoms with E-state index in [0.717, 1.165) is 43.6 Å². The smallest absolute Gasteiger partial charge is 0.269 e. The van der Waals surface area contributed by atoms with Gasteiger partial charge in [-0.15, -0.1) is 5.10 Å². The van der Waals surface area contributed by atoms with E-state index in [2.05, 4.69) is 36.8 Å². The van der Waals surface area contributed by atoms with Crippen molar-refractivity contribution in [3.63, 3.8) is 0 Å². The number of aromatic nitrogens is 6. The molecule has 32 heavy (non-hydrogen) atoms. The molecule has 1 saturated carbocycles. The second-order valence-corrected chi connectivity index (χ2v) is 8.32.